The van der Waals surface area contributed by atoms with E-state index < -0.39 is 0 Å². The molecule has 0 N–H and O–H groups in total. The van der Waals surface area contributed by atoms with Crippen LogP contribution in [0.15, 0.2) is 0 Å². The summed E-state index contributed by atoms with van der Waals surface area (Å²) in [5, 5.41) is 0. The van der Waals surface area contributed by atoms with Crippen molar-refractivity contribution >= 4 is 0 Å². The summed E-state index contributed by atoms with van der Waals surface area (Å²) in [5.41, 5.74) is 0. The van der Waals surface area contributed by atoms with Gasteiger partial charge in [0.1, 0.15) is 0 Å². The number of rotatable bonds is 5. The number of hydrogen-bond acceptors (Lipinski definition) is 2. The van der Waals surface area contributed by atoms with Crippen LogP contribution in [0.4, 0.5) is 0 Å². The predicted octanol–water partition coefficient (Wildman–Crippen LogP) is 4.48. The molecule has 4 saturated carbocycles. The molecule has 0 bridgehead atoms. The maximum absolute atomic E-state index is 2.26. The summed E-state index contributed by atoms with van der Waals surface area (Å²) in [4.78, 5) is 4.52. The van der Waals surface area contributed by atoms with Gasteiger partial charge in [0.15, 0.2) is 0 Å². The van der Waals surface area contributed by atoms with Gasteiger partial charge in [0.05, 0.1) is 0 Å². The van der Waals surface area contributed by atoms with Gasteiger partial charge in [0, 0.05) is 23.9 Å². The Morgan fingerprint density at radius 3 is 0.906 bits per heavy atom. The molecule has 4 heteroatoms. The van der Waals surface area contributed by atoms with Gasteiger partial charge in [-0.25, -0.2) is 0 Å². The maximum atomic E-state index is 2.26. The van der Waals surface area contributed by atoms with Crippen LogP contribution in [0.1, 0.15) is 13.8 Å². The van der Waals surface area contributed by atoms with E-state index in [0.717, 1.165) is 0 Å². The van der Waals surface area contributed by atoms with Crippen molar-refractivity contribution in [3.8, 4) is 0 Å². The quantitative estimate of drug-likeness (QED) is 0.502. The predicted molar refractivity (Wildman–Crippen MR) is 128 cm³/mol. The summed E-state index contributed by atoms with van der Waals surface area (Å²) in [5.74, 6) is 5.57. The van der Waals surface area contributed by atoms with Gasteiger partial charge in [-0.2, -0.15) is 0 Å². The zero-order valence-electron chi connectivity index (χ0n) is 20.0. The van der Waals surface area contributed by atoms with E-state index in [4.69, 9.17) is 0 Å². The second kappa shape index (κ2) is 18.3. The van der Waals surface area contributed by atoms with E-state index in [1.165, 1.54) is 23.7 Å². The third-order valence-corrected chi connectivity index (χ3v) is 5.55. The molecule has 0 aromatic heterocycles. The van der Waals surface area contributed by atoms with Crippen molar-refractivity contribution in [3.63, 3.8) is 0 Å². The van der Waals surface area contributed by atoms with Crippen molar-refractivity contribution in [1.29, 1.82) is 0 Å². The van der Waals surface area contributed by atoms with Gasteiger partial charge in [-0.1, -0.05) is 0 Å². The van der Waals surface area contributed by atoms with Gasteiger partial charge < -0.3 is 9.80 Å². The molecule has 0 aromatic rings. The molecule has 4 aliphatic rings. The van der Waals surface area contributed by atoms with Crippen LogP contribution in [0.25, 0.3) is 0 Å². The minimum atomic E-state index is 0. The van der Waals surface area contributed by atoms with E-state index in [-0.39, 0.29) is 34.1 Å². The molecule has 0 heterocycles. The van der Waals surface area contributed by atoms with E-state index in [1.54, 1.807) is 0 Å². The molecule has 4 rings (SSSR count). The van der Waals surface area contributed by atoms with Crippen molar-refractivity contribution in [2.24, 2.45) is 0 Å². The van der Waals surface area contributed by atoms with Crippen molar-refractivity contribution < 1.29 is 34.1 Å². The van der Waals surface area contributed by atoms with Gasteiger partial charge in [-0.15, -0.1) is 0 Å². The SMILES string of the molecule is C[C@H]([C]1[CH][CH][CH][C]1[C]1[CH][CH][CH][C]1[C@@H](C)N(C)C)N(C)C.[CH]1[CH][CH][CH][CH]1.[CH]1[CH][CH][CH][CH]1.[Fe+2].[Fe+2]. The minimum absolute atomic E-state index is 0. The van der Waals surface area contributed by atoms with Gasteiger partial charge >= 0.3 is 34.1 Å². The third-order valence-electron chi connectivity index (χ3n) is 5.55. The second-order valence-electron chi connectivity index (χ2n) is 7.99. The smallest absolute Gasteiger partial charge is 0.306 e. The normalized spacial score (nSPS) is 24.4. The molecule has 0 aliphatic heterocycles. The Morgan fingerprint density at radius 1 is 0.438 bits per heavy atom. The van der Waals surface area contributed by atoms with Crippen molar-refractivity contribution in [2.45, 2.75) is 25.9 Å². The third kappa shape index (κ3) is 10.7. The first kappa shape index (κ1) is 33.0. The summed E-state index contributed by atoms with van der Waals surface area (Å²) < 4.78 is 0. The van der Waals surface area contributed by atoms with Crippen LogP contribution in [0.3, 0.4) is 0 Å². The molecule has 2 atom stereocenters. The molecule has 0 unspecified atom stereocenters. The maximum Gasteiger partial charge on any atom is 2.00 e. The van der Waals surface area contributed by atoms with Gasteiger partial charge in [-0.05, 0) is 157 Å². The molecule has 0 amide bonds. The van der Waals surface area contributed by atoms with Crippen LogP contribution < -0.4 is 0 Å². The van der Waals surface area contributed by atoms with Crippen molar-refractivity contribution in [1.82, 2.24) is 9.80 Å². The van der Waals surface area contributed by atoms with Crippen LogP contribution in [0.5, 0.6) is 0 Å². The molecule has 0 saturated heterocycles. The Balaban J connectivity index is 0.000000657. The Bertz CT molecular complexity index is 380. The van der Waals surface area contributed by atoms with E-state index in [2.05, 4.69) is 90.4 Å². The number of hydrogen-bond donors (Lipinski definition) is 0. The average Bonchev–Trinajstić information content (AvgIpc) is 3.54. The molecule has 20 radical (unpaired) electrons. The Morgan fingerprint density at radius 2 is 0.688 bits per heavy atom. The summed E-state index contributed by atoms with van der Waals surface area (Å²) in [6, 6.07) is 0.856. The van der Waals surface area contributed by atoms with Crippen LogP contribution in [-0.2, 0) is 34.1 Å². The first-order valence-corrected chi connectivity index (χ1v) is 10.6. The average molecular weight is 512 g/mol. The molecule has 0 aromatic carbocycles. The fourth-order valence-corrected chi connectivity index (χ4v) is 3.29. The van der Waals surface area contributed by atoms with Gasteiger partial charge in [-0.3, -0.25) is 0 Å². The molecule has 4 aliphatic carbocycles. The molecule has 2 nitrogen and oxygen atoms in total. The fraction of sp³-hybridized carbons (Fsp3) is 0.286. The zero-order chi connectivity index (χ0) is 21.9. The van der Waals surface area contributed by atoms with Crippen molar-refractivity contribution in [3.05, 3.63) is 126 Å². The summed E-state index contributed by atoms with van der Waals surface area (Å²) in [6.07, 6.45) is 33.3. The second-order valence-corrected chi connectivity index (χ2v) is 7.99. The molecule has 32 heavy (non-hydrogen) atoms. The Hall–Kier alpha value is 0.959. The van der Waals surface area contributed by atoms with E-state index in [0.29, 0.717) is 12.1 Å². The van der Waals surface area contributed by atoms with Crippen LogP contribution >= 0.6 is 0 Å². The van der Waals surface area contributed by atoms with E-state index in [9.17, 15) is 0 Å². The fourth-order valence-electron chi connectivity index (χ4n) is 3.29. The van der Waals surface area contributed by atoms with Gasteiger partial charge in [0.25, 0.3) is 0 Å². The standard InChI is InChI=1S/C18H26N2.2C5H5.2Fe/c1-13(19(3)4)15-9-7-11-17(15)18-12-8-10-16(18)14(2)20(5)6;2*1-2-4-5-3-1;;/h7-14H,1-6H3;2*1-5H;;/q;;;2*+2/t13-,14-;;;;/m1..../s1. The topological polar surface area (TPSA) is 6.48 Å². The van der Waals surface area contributed by atoms with Crippen LogP contribution in [0, 0.1) is 126 Å². The first-order chi connectivity index (χ1) is 14.4. The summed E-state index contributed by atoms with van der Waals surface area (Å²) in [7, 11) is 8.54. The van der Waals surface area contributed by atoms with Crippen molar-refractivity contribution in [2.75, 3.05) is 28.2 Å². The van der Waals surface area contributed by atoms with E-state index in [1.807, 2.05) is 64.2 Å². The minimum Gasteiger partial charge on any atom is -0.306 e. The molecular weight excluding hydrogens is 476 g/mol. The zero-order valence-corrected chi connectivity index (χ0v) is 22.2. The monoisotopic (exact) mass is 512 g/mol. The molecule has 170 valence electrons. The van der Waals surface area contributed by atoms with Gasteiger partial charge in [0.2, 0.25) is 0 Å². The number of nitrogens with zero attached hydrogens (tertiary/aromatic N) is 2. The Kier molecular flexibility index (Phi) is 18.8. The largest absolute Gasteiger partial charge is 2.00 e. The first-order valence-electron chi connectivity index (χ1n) is 10.6. The van der Waals surface area contributed by atoms with E-state index >= 15 is 0 Å². The van der Waals surface area contributed by atoms with Crippen LogP contribution in [-0.4, -0.2) is 50.1 Å². The molecule has 0 spiro atoms. The Labute approximate surface area is 223 Å². The summed E-state index contributed by atoms with van der Waals surface area (Å²) in [6.45, 7) is 4.52. The molecular formula is C28H36Fe2N2+4. The van der Waals surface area contributed by atoms with Crippen LogP contribution in [0.2, 0.25) is 0 Å². The molecule has 4 fully saturated rings. The summed E-state index contributed by atoms with van der Waals surface area (Å²) >= 11 is 0.